The molecule has 0 saturated carbocycles. The first-order valence-corrected chi connectivity index (χ1v) is 6.48. The van der Waals surface area contributed by atoms with E-state index in [2.05, 4.69) is 15.9 Å². The van der Waals surface area contributed by atoms with Gasteiger partial charge >= 0.3 is 0 Å². The highest BCUT2D eigenvalue weighted by atomic mass is 79.9. The minimum Gasteiger partial charge on any atom is -0.391 e. The zero-order valence-corrected chi connectivity index (χ0v) is 11.6. The molecular weight excluding hydrogens is 282 g/mol. The molecule has 1 heterocycles. The van der Waals surface area contributed by atoms with Crippen molar-refractivity contribution in [2.45, 2.75) is 31.9 Å². The van der Waals surface area contributed by atoms with Crippen molar-refractivity contribution < 1.29 is 9.90 Å². The molecule has 4 heteroatoms. The van der Waals surface area contributed by atoms with E-state index in [9.17, 15) is 9.90 Å². The van der Waals surface area contributed by atoms with Crippen LogP contribution in [0, 0.1) is 0 Å². The number of hydrogen-bond acceptors (Lipinski definition) is 2. The van der Waals surface area contributed by atoms with Crippen molar-refractivity contribution in [1.29, 1.82) is 0 Å². The molecule has 1 amide bonds. The lowest BCUT2D eigenvalue weighted by Crippen LogP contribution is -2.48. The van der Waals surface area contributed by atoms with Gasteiger partial charge in [0.1, 0.15) is 0 Å². The molecule has 1 aliphatic heterocycles. The van der Waals surface area contributed by atoms with E-state index < -0.39 is 11.6 Å². The Balaban J connectivity index is 2.24. The van der Waals surface area contributed by atoms with E-state index in [0.29, 0.717) is 18.5 Å². The van der Waals surface area contributed by atoms with Crippen LogP contribution in [0.3, 0.4) is 0 Å². The van der Waals surface area contributed by atoms with Crippen molar-refractivity contribution in [2.24, 2.45) is 0 Å². The maximum absolute atomic E-state index is 12.3. The molecule has 1 aliphatic rings. The van der Waals surface area contributed by atoms with Gasteiger partial charge in [0, 0.05) is 16.6 Å². The van der Waals surface area contributed by atoms with Crippen LogP contribution in [0.25, 0.3) is 0 Å². The van der Waals surface area contributed by atoms with E-state index in [1.165, 1.54) is 0 Å². The number of aliphatic hydroxyl groups excluding tert-OH is 1. The molecule has 1 aromatic carbocycles. The molecule has 92 valence electrons. The molecule has 1 N–H and O–H groups in total. The first-order valence-electron chi connectivity index (χ1n) is 5.68. The summed E-state index contributed by atoms with van der Waals surface area (Å²) >= 11 is 3.35. The third kappa shape index (κ3) is 2.24. The molecule has 0 aromatic heterocycles. The number of rotatable bonds is 1. The smallest absolute Gasteiger partial charge is 0.254 e. The second-order valence-corrected chi connectivity index (χ2v) is 5.84. The number of hydrogen-bond donors (Lipinski definition) is 1. The van der Waals surface area contributed by atoms with Crippen LogP contribution < -0.4 is 0 Å². The van der Waals surface area contributed by atoms with Crippen LogP contribution in [0.15, 0.2) is 28.7 Å². The summed E-state index contributed by atoms with van der Waals surface area (Å²) in [4.78, 5) is 14.1. The van der Waals surface area contributed by atoms with E-state index in [-0.39, 0.29) is 5.91 Å². The summed E-state index contributed by atoms with van der Waals surface area (Å²) in [6.07, 6.45) is 0.205. The topological polar surface area (TPSA) is 40.5 Å². The first-order chi connectivity index (χ1) is 7.93. The Bertz CT molecular complexity index is 428. The number of carbonyl (C=O) groups excluding carboxylic acids is 1. The highest BCUT2D eigenvalue weighted by Crippen LogP contribution is 2.30. The SMILES string of the molecule is CC1(C)C(O)CCN1C(=O)c1ccc(Br)cc1. The van der Waals surface area contributed by atoms with Gasteiger partial charge in [0.15, 0.2) is 0 Å². The number of nitrogens with zero attached hydrogens (tertiary/aromatic N) is 1. The number of halogens is 1. The van der Waals surface area contributed by atoms with Gasteiger partial charge in [0.25, 0.3) is 5.91 Å². The highest BCUT2D eigenvalue weighted by Gasteiger charge is 2.42. The summed E-state index contributed by atoms with van der Waals surface area (Å²) in [7, 11) is 0. The molecule has 1 aromatic rings. The zero-order chi connectivity index (χ0) is 12.6. The monoisotopic (exact) mass is 297 g/mol. The average molecular weight is 298 g/mol. The van der Waals surface area contributed by atoms with Crippen molar-refractivity contribution >= 4 is 21.8 Å². The minimum absolute atomic E-state index is 0.0148. The lowest BCUT2D eigenvalue weighted by atomic mass is 9.98. The lowest BCUT2D eigenvalue weighted by Gasteiger charge is -2.33. The van der Waals surface area contributed by atoms with Crippen LogP contribution >= 0.6 is 15.9 Å². The van der Waals surface area contributed by atoms with Gasteiger partial charge in [-0.25, -0.2) is 0 Å². The molecule has 0 aliphatic carbocycles. The van der Waals surface area contributed by atoms with Crippen LogP contribution in [0.2, 0.25) is 0 Å². The van der Waals surface area contributed by atoms with Gasteiger partial charge in [0.05, 0.1) is 11.6 Å². The van der Waals surface area contributed by atoms with Gasteiger partial charge < -0.3 is 10.0 Å². The first kappa shape index (κ1) is 12.6. The van der Waals surface area contributed by atoms with Crippen molar-refractivity contribution in [3.05, 3.63) is 34.3 Å². The Kier molecular flexibility index (Phi) is 3.27. The Labute approximate surface area is 110 Å². The van der Waals surface area contributed by atoms with E-state index in [1.54, 1.807) is 17.0 Å². The summed E-state index contributed by atoms with van der Waals surface area (Å²) in [6, 6.07) is 7.31. The van der Waals surface area contributed by atoms with Crippen LogP contribution in [0.5, 0.6) is 0 Å². The van der Waals surface area contributed by atoms with Gasteiger partial charge in [0.2, 0.25) is 0 Å². The molecular formula is C13H16BrNO2. The van der Waals surface area contributed by atoms with Gasteiger partial charge in [-0.2, -0.15) is 0 Å². The van der Waals surface area contributed by atoms with Gasteiger partial charge in [-0.15, -0.1) is 0 Å². The molecule has 1 saturated heterocycles. The van der Waals surface area contributed by atoms with Crippen LogP contribution in [0.4, 0.5) is 0 Å². The number of benzene rings is 1. The summed E-state index contributed by atoms with van der Waals surface area (Å²) in [5, 5.41) is 9.87. The molecule has 2 rings (SSSR count). The summed E-state index contributed by atoms with van der Waals surface area (Å²) in [6.45, 7) is 4.42. The molecule has 0 bridgehead atoms. The van der Waals surface area contributed by atoms with E-state index in [0.717, 1.165) is 4.47 Å². The maximum Gasteiger partial charge on any atom is 0.254 e. The second-order valence-electron chi connectivity index (χ2n) is 4.92. The van der Waals surface area contributed by atoms with E-state index in [1.807, 2.05) is 26.0 Å². The summed E-state index contributed by atoms with van der Waals surface area (Å²) < 4.78 is 0.953. The predicted molar refractivity (Wildman–Crippen MR) is 69.9 cm³/mol. The maximum atomic E-state index is 12.3. The number of amides is 1. The van der Waals surface area contributed by atoms with Crippen molar-refractivity contribution in [3.63, 3.8) is 0 Å². The van der Waals surface area contributed by atoms with Crippen molar-refractivity contribution in [2.75, 3.05) is 6.54 Å². The van der Waals surface area contributed by atoms with Crippen LogP contribution in [0.1, 0.15) is 30.6 Å². The van der Waals surface area contributed by atoms with Crippen LogP contribution in [-0.2, 0) is 0 Å². The molecule has 1 unspecified atom stereocenters. The largest absolute Gasteiger partial charge is 0.391 e. The number of carbonyl (C=O) groups is 1. The summed E-state index contributed by atoms with van der Waals surface area (Å²) in [5.74, 6) is -0.0148. The van der Waals surface area contributed by atoms with E-state index >= 15 is 0 Å². The zero-order valence-electron chi connectivity index (χ0n) is 9.98. The third-order valence-corrected chi connectivity index (χ3v) is 4.00. The normalized spacial score (nSPS) is 22.8. The van der Waals surface area contributed by atoms with Crippen LogP contribution in [-0.4, -0.2) is 34.1 Å². The summed E-state index contributed by atoms with van der Waals surface area (Å²) in [5.41, 5.74) is 0.180. The minimum atomic E-state index is -0.482. The lowest BCUT2D eigenvalue weighted by molar-refractivity contribution is 0.0394. The fourth-order valence-corrected chi connectivity index (χ4v) is 2.45. The predicted octanol–water partition coefficient (Wildman–Crippen LogP) is 2.43. The van der Waals surface area contributed by atoms with Gasteiger partial charge in [-0.05, 0) is 44.5 Å². The van der Waals surface area contributed by atoms with Crippen molar-refractivity contribution in [3.8, 4) is 0 Å². The molecule has 0 spiro atoms. The quantitative estimate of drug-likeness (QED) is 0.865. The van der Waals surface area contributed by atoms with Gasteiger partial charge in [-0.1, -0.05) is 15.9 Å². The number of aliphatic hydroxyl groups is 1. The van der Waals surface area contributed by atoms with E-state index in [4.69, 9.17) is 0 Å². The third-order valence-electron chi connectivity index (χ3n) is 3.47. The molecule has 3 nitrogen and oxygen atoms in total. The Morgan fingerprint density at radius 1 is 1.41 bits per heavy atom. The second kappa shape index (κ2) is 4.42. The fraction of sp³-hybridized carbons (Fsp3) is 0.462. The molecule has 17 heavy (non-hydrogen) atoms. The van der Waals surface area contributed by atoms with Gasteiger partial charge in [-0.3, -0.25) is 4.79 Å². The molecule has 1 fully saturated rings. The Morgan fingerprint density at radius 2 is 2.00 bits per heavy atom. The average Bonchev–Trinajstić information content (AvgIpc) is 2.54. The highest BCUT2D eigenvalue weighted by molar-refractivity contribution is 9.10. The molecule has 0 radical (unpaired) electrons. The number of likely N-dealkylation sites (tertiary alicyclic amines) is 1. The Hall–Kier alpha value is -0.870. The Morgan fingerprint density at radius 3 is 2.47 bits per heavy atom. The standard InChI is InChI=1S/C13H16BrNO2/c1-13(2)11(16)7-8-15(13)12(17)9-3-5-10(14)6-4-9/h3-6,11,16H,7-8H2,1-2H3. The molecule has 1 atom stereocenters. The van der Waals surface area contributed by atoms with Crippen molar-refractivity contribution in [1.82, 2.24) is 4.90 Å². The fourth-order valence-electron chi connectivity index (χ4n) is 2.18.